The van der Waals surface area contributed by atoms with Gasteiger partial charge in [0.2, 0.25) is 5.91 Å². The van der Waals surface area contributed by atoms with E-state index in [2.05, 4.69) is 0 Å². The summed E-state index contributed by atoms with van der Waals surface area (Å²) in [5, 5.41) is 1.53. The summed E-state index contributed by atoms with van der Waals surface area (Å²) in [5.74, 6) is 0.0134. The summed E-state index contributed by atoms with van der Waals surface area (Å²) < 4.78 is 35.5. The van der Waals surface area contributed by atoms with Gasteiger partial charge in [0.25, 0.3) is 0 Å². The first-order valence-corrected chi connectivity index (χ1v) is 4.96. The molecule has 6 heteroatoms. The van der Waals surface area contributed by atoms with Crippen LogP contribution in [0.3, 0.4) is 0 Å². The van der Waals surface area contributed by atoms with Crippen molar-refractivity contribution in [2.45, 2.75) is 26.1 Å². The standard InChI is InChI=1S/C9H15F3N2O/c1-7(15)14-4-2-8(3-5-14)6-13-9(10,11)12/h8,13H,2-6H2,1H3. The molecule has 0 saturated carbocycles. The molecule has 0 bridgehead atoms. The number of hydrogen-bond donors (Lipinski definition) is 1. The van der Waals surface area contributed by atoms with Gasteiger partial charge in [-0.1, -0.05) is 0 Å². The van der Waals surface area contributed by atoms with Crippen molar-refractivity contribution in [2.24, 2.45) is 5.92 Å². The lowest BCUT2D eigenvalue weighted by Gasteiger charge is -2.31. The summed E-state index contributed by atoms with van der Waals surface area (Å²) in [5.41, 5.74) is 0. The molecule has 0 aliphatic carbocycles. The number of nitrogens with zero attached hydrogens (tertiary/aromatic N) is 1. The Morgan fingerprint density at radius 1 is 1.40 bits per heavy atom. The van der Waals surface area contributed by atoms with Crippen LogP contribution in [0.2, 0.25) is 0 Å². The molecule has 1 N–H and O–H groups in total. The maximum absolute atomic E-state index is 11.8. The van der Waals surface area contributed by atoms with E-state index in [-0.39, 0.29) is 18.4 Å². The van der Waals surface area contributed by atoms with E-state index in [1.807, 2.05) is 0 Å². The molecular formula is C9H15F3N2O. The smallest absolute Gasteiger partial charge is 0.343 e. The van der Waals surface area contributed by atoms with Crippen molar-refractivity contribution in [2.75, 3.05) is 19.6 Å². The number of carbonyl (C=O) groups excluding carboxylic acids is 1. The van der Waals surface area contributed by atoms with Crippen LogP contribution >= 0.6 is 0 Å². The number of hydrogen-bond acceptors (Lipinski definition) is 2. The van der Waals surface area contributed by atoms with Crippen molar-refractivity contribution in [3.05, 3.63) is 0 Å². The minimum absolute atomic E-state index is 0.00256. The fraction of sp³-hybridized carbons (Fsp3) is 0.889. The third-order valence-corrected chi connectivity index (χ3v) is 2.65. The molecule has 0 aromatic rings. The Hall–Kier alpha value is -0.780. The minimum atomic E-state index is -4.29. The molecule has 1 aliphatic heterocycles. The predicted octanol–water partition coefficient (Wildman–Crippen LogP) is 1.35. The highest BCUT2D eigenvalue weighted by Gasteiger charge is 2.29. The number of amides is 1. The van der Waals surface area contributed by atoms with Gasteiger partial charge in [-0.2, -0.15) is 13.2 Å². The van der Waals surface area contributed by atoms with Crippen LogP contribution in [-0.4, -0.2) is 36.7 Å². The van der Waals surface area contributed by atoms with E-state index in [4.69, 9.17) is 0 Å². The Balaban J connectivity index is 2.23. The molecule has 1 aliphatic rings. The highest BCUT2D eigenvalue weighted by molar-refractivity contribution is 5.73. The van der Waals surface area contributed by atoms with Gasteiger partial charge >= 0.3 is 6.30 Å². The van der Waals surface area contributed by atoms with E-state index in [1.165, 1.54) is 12.2 Å². The van der Waals surface area contributed by atoms with Crippen LogP contribution in [0.5, 0.6) is 0 Å². The maximum atomic E-state index is 11.8. The summed E-state index contributed by atoms with van der Waals surface area (Å²) in [6.07, 6.45) is -3.01. The number of likely N-dealkylation sites (tertiary alicyclic amines) is 1. The summed E-state index contributed by atoms with van der Waals surface area (Å²) in [6.45, 7) is 2.57. The lowest BCUT2D eigenvalue weighted by atomic mass is 9.97. The largest absolute Gasteiger partial charge is 0.457 e. The molecule has 1 saturated heterocycles. The average Bonchev–Trinajstić information content (AvgIpc) is 2.14. The zero-order chi connectivity index (χ0) is 11.5. The Morgan fingerprint density at radius 2 is 1.93 bits per heavy atom. The van der Waals surface area contributed by atoms with E-state index in [0.717, 1.165) is 0 Å². The Morgan fingerprint density at radius 3 is 2.33 bits per heavy atom. The van der Waals surface area contributed by atoms with E-state index in [1.54, 1.807) is 4.90 Å². The van der Waals surface area contributed by atoms with Gasteiger partial charge in [0.05, 0.1) is 0 Å². The molecule has 15 heavy (non-hydrogen) atoms. The summed E-state index contributed by atoms with van der Waals surface area (Å²) >= 11 is 0. The third kappa shape index (κ3) is 4.51. The summed E-state index contributed by atoms with van der Waals surface area (Å²) in [4.78, 5) is 12.6. The molecule has 1 fully saturated rings. The molecule has 0 spiro atoms. The van der Waals surface area contributed by atoms with E-state index >= 15 is 0 Å². The monoisotopic (exact) mass is 224 g/mol. The molecule has 3 nitrogen and oxygen atoms in total. The lowest BCUT2D eigenvalue weighted by Crippen LogP contribution is -2.42. The second kappa shape index (κ2) is 4.83. The highest BCUT2D eigenvalue weighted by atomic mass is 19.4. The molecule has 1 amide bonds. The SMILES string of the molecule is CC(=O)N1CCC(CNC(F)(F)F)CC1. The van der Waals surface area contributed by atoms with Gasteiger partial charge in [-0.05, 0) is 18.8 Å². The van der Waals surface area contributed by atoms with Crippen molar-refractivity contribution in [3.8, 4) is 0 Å². The highest BCUT2D eigenvalue weighted by Crippen LogP contribution is 2.18. The van der Waals surface area contributed by atoms with Crippen LogP contribution in [0.15, 0.2) is 0 Å². The first-order valence-electron chi connectivity index (χ1n) is 4.96. The Bertz CT molecular complexity index is 222. The minimum Gasteiger partial charge on any atom is -0.343 e. The van der Waals surface area contributed by atoms with E-state index in [9.17, 15) is 18.0 Å². The number of nitrogens with one attached hydrogen (secondary N) is 1. The van der Waals surface area contributed by atoms with Gasteiger partial charge in [0.1, 0.15) is 0 Å². The van der Waals surface area contributed by atoms with Crippen LogP contribution in [-0.2, 0) is 4.79 Å². The van der Waals surface area contributed by atoms with Gasteiger partial charge in [0, 0.05) is 26.6 Å². The molecule has 88 valence electrons. The normalized spacial score (nSPS) is 19.3. The molecule has 1 heterocycles. The molecular weight excluding hydrogens is 209 g/mol. The van der Waals surface area contributed by atoms with Crippen molar-refractivity contribution >= 4 is 5.91 Å². The maximum Gasteiger partial charge on any atom is 0.457 e. The number of halogens is 3. The van der Waals surface area contributed by atoms with E-state index in [0.29, 0.717) is 25.9 Å². The van der Waals surface area contributed by atoms with Crippen LogP contribution < -0.4 is 5.32 Å². The molecule has 0 aromatic heterocycles. The van der Waals surface area contributed by atoms with E-state index < -0.39 is 6.30 Å². The van der Waals surface area contributed by atoms with Gasteiger partial charge in [0.15, 0.2) is 0 Å². The number of alkyl halides is 3. The third-order valence-electron chi connectivity index (χ3n) is 2.65. The molecule has 0 unspecified atom stereocenters. The molecule has 0 aromatic carbocycles. The Labute approximate surface area is 86.6 Å². The lowest BCUT2D eigenvalue weighted by molar-refractivity contribution is -0.159. The fourth-order valence-corrected chi connectivity index (χ4v) is 1.71. The number of carbonyl (C=O) groups is 1. The topological polar surface area (TPSA) is 32.3 Å². The Kier molecular flexibility index (Phi) is 3.96. The van der Waals surface area contributed by atoms with Gasteiger partial charge < -0.3 is 4.90 Å². The zero-order valence-electron chi connectivity index (χ0n) is 8.60. The number of piperidine rings is 1. The molecule has 0 radical (unpaired) electrons. The second-order valence-electron chi connectivity index (χ2n) is 3.83. The van der Waals surface area contributed by atoms with Crippen LogP contribution in [0.4, 0.5) is 13.2 Å². The predicted molar refractivity (Wildman–Crippen MR) is 49.0 cm³/mol. The quantitative estimate of drug-likeness (QED) is 0.718. The average molecular weight is 224 g/mol. The van der Waals surface area contributed by atoms with Gasteiger partial charge in [-0.15, -0.1) is 0 Å². The van der Waals surface area contributed by atoms with Gasteiger partial charge in [-0.3, -0.25) is 4.79 Å². The van der Waals surface area contributed by atoms with Crippen molar-refractivity contribution < 1.29 is 18.0 Å². The zero-order valence-corrected chi connectivity index (χ0v) is 8.60. The van der Waals surface area contributed by atoms with Crippen LogP contribution in [0, 0.1) is 5.92 Å². The first kappa shape index (κ1) is 12.3. The van der Waals surface area contributed by atoms with Crippen LogP contribution in [0.25, 0.3) is 0 Å². The van der Waals surface area contributed by atoms with Crippen molar-refractivity contribution in [1.29, 1.82) is 0 Å². The van der Waals surface area contributed by atoms with Gasteiger partial charge in [-0.25, -0.2) is 5.32 Å². The summed E-state index contributed by atoms with van der Waals surface area (Å²) in [6, 6.07) is 0. The van der Waals surface area contributed by atoms with Crippen molar-refractivity contribution in [1.82, 2.24) is 10.2 Å². The summed E-state index contributed by atoms with van der Waals surface area (Å²) in [7, 11) is 0. The van der Waals surface area contributed by atoms with Crippen LogP contribution in [0.1, 0.15) is 19.8 Å². The number of rotatable bonds is 2. The second-order valence-corrected chi connectivity index (χ2v) is 3.83. The molecule has 0 atom stereocenters. The fourth-order valence-electron chi connectivity index (χ4n) is 1.71. The first-order chi connectivity index (χ1) is 6.88. The molecule has 1 rings (SSSR count). The van der Waals surface area contributed by atoms with Crippen molar-refractivity contribution in [3.63, 3.8) is 0 Å².